The summed E-state index contributed by atoms with van der Waals surface area (Å²) in [6.07, 6.45) is 0. The Labute approximate surface area is 176 Å². The number of piperazine rings is 1. The third-order valence-corrected chi connectivity index (χ3v) is 6.57. The summed E-state index contributed by atoms with van der Waals surface area (Å²) in [5, 5.41) is 20.7. The minimum Gasteiger partial charge on any atom is -0.395 e. The van der Waals surface area contributed by atoms with Crippen molar-refractivity contribution in [2.45, 2.75) is 18.7 Å². The molecule has 0 amide bonds. The molecule has 0 aliphatic carbocycles. The molecule has 1 aliphatic rings. The first-order valence-electron chi connectivity index (χ1n) is 9.68. The van der Waals surface area contributed by atoms with Crippen LogP contribution in [0.25, 0.3) is 0 Å². The molecule has 0 atom stereocenters. The number of β-amino-alcohol motifs (C(OH)–C–C–N with tert-alkyl or cyclic N) is 1. The molecular weight excluding hydrogens is 408 g/mol. The lowest BCUT2D eigenvalue weighted by Crippen LogP contribution is -2.47. The van der Waals surface area contributed by atoms with Gasteiger partial charge in [0.25, 0.3) is 15.7 Å². The number of anilines is 2. The van der Waals surface area contributed by atoms with Crippen molar-refractivity contribution in [3.63, 3.8) is 0 Å². The number of rotatable bonds is 7. The highest BCUT2D eigenvalue weighted by atomic mass is 32.2. The predicted molar refractivity (Wildman–Crippen MR) is 116 cm³/mol. The number of sulfonamides is 1. The summed E-state index contributed by atoms with van der Waals surface area (Å²) in [5.74, 6) is 0. The number of nitrogens with zero attached hydrogens (tertiary/aromatic N) is 3. The van der Waals surface area contributed by atoms with E-state index < -0.39 is 14.9 Å². The third-order valence-electron chi connectivity index (χ3n) is 5.21. The minimum atomic E-state index is -3.98. The molecule has 0 unspecified atom stereocenters. The van der Waals surface area contributed by atoms with Crippen LogP contribution in [0.2, 0.25) is 0 Å². The van der Waals surface area contributed by atoms with E-state index >= 15 is 0 Å². The maximum Gasteiger partial charge on any atom is 0.293 e. The standard InChI is InChI=1S/C20H26N4O5S/c1-15-3-5-18(16(2)13-15)21-30(28,29)17-4-6-19(20(14-17)24(26)27)23-9-7-22(8-10-23)11-12-25/h3-6,13-14,21,25H,7-12H2,1-2H3. The highest BCUT2D eigenvalue weighted by Crippen LogP contribution is 2.32. The quantitative estimate of drug-likeness (QED) is 0.506. The Morgan fingerprint density at radius 1 is 1.10 bits per heavy atom. The topological polar surface area (TPSA) is 116 Å². The van der Waals surface area contributed by atoms with E-state index in [2.05, 4.69) is 9.62 Å². The number of nitro benzene ring substituents is 1. The molecule has 0 aromatic heterocycles. The van der Waals surface area contributed by atoms with E-state index in [9.17, 15) is 18.5 Å². The van der Waals surface area contributed by atoms with Crippen molar-refractivity contribution in [2.75, 3.05) is 49.0 Å². The lowest BCUT2D eigenvalue weighted by Gasteiger charge is -2.35. The van der Waals surface area contributed by atoms with Crippen LogP contribution in [0.15, 0.2) is 41.3 Å². The minimum absolute atomic E-state index is 0.0696. The molecule has 1 heterocycles. The number of aliphatic hydroxyl groups excluding tert-OH is 1. The van der Waals surface area contributed by atoms with Crippen molar-refractivity contribution in [1.29, 1.82) is 0 Å². The summed E-state index contributed by atoms with van der Waals surface area (Å²) in [4.78, 5) is 14.9. The molecule has 9 nitrogen and oxygen atoms in total. The Bertz CT molecular complexity index is 1030. The van der Waals surface area contributed by atoms with Gasteiger partial charge in [0.15, 0.2) is 0 Å². The van der Waals surface area contributed by atoms with Gasteiger partial charge in [0, 0.05) is 38.8 Å². The molecule has 0 bridgehead atoms. The van der Waals surface area contributed by atoms with E-state index in [4.69, 9.17) is 5.11 Å². The number of hydrogen-bond donors (Lipinski definition) is 2. The van der Waals surface area contributed by atoms with Gasteiger partial charge in [-0.05, 0) is 37.6 Å². The van der Waals surface area contributed by atoms with Gasteiger partial charge in [-0.2, -0.15) is 0 Å². The summed E-state index contributed by atoms with van der Waals surface area (Å²) in [6, 6.07) is 9.34. The molecule has 30 heavy (non-hydrogen) atoms. The van der Waals surface area contributed by atoms with Crippen LogP contribution in [0, 0.1) is 24.0 Å². The Morgan fingerprint density at radius 2 is 1.80 bits per heavy atom. The number of aryl methyl sites for hydroxylation is 2. The molecule has 0 spiro atoms. The zero-order valence-electron chi connectivity index (χ0n) is 17.0. The normalized spacial score (nSPS) is 15.2. The lowest BCUT2D eigenvalue weighted by molar-refractivity contribution is -0.384. The van der Waals surface area contributed by atoms with Crippen LogP contribution in [-0.4, -0.2) is 62.7 Å². The summed E-state index contributed by atoms with van der Waals surface area (Å²) in [6.45, 7) is 6.82. The van der Waals surface area contributed by atoms with Gasteiger partial charge in [0.05, 0.1) is 22.1 Å². The van der Waals surface area contributed by atoms with Gasteiger partial charge in [0.2, 0.25) is 0 Å². The van der Waals surface area contributed by atoms with E-state index in [1.165, 1.54) is 12.1 Å². The molecule has 0 saturated carbocycles. The van der Waals surface area contributed by atoms with Crippen LogP contribution in [0.1, 0.15) is 11.1 Å². The van der Waals surface area contributed by atoms with Crippen molar-refractivity contribution >= 4 is 27.1 Å². The summed E-state index contributed by atoms with van der Waals surface area (Å²) in [7, 11) is -3.98. The van der Waals surface area contributed by atoms with Crippen molar-refractivity contribution in [1.82, 2.24) is 4.90 Å². The average Bonchev–Trinajstić information content (AvgIpc) is 2.70. The van der Waals surface area contributed by atoms with Gasteiger partial charge in [-0.1, -0.05) is 17.7 Å². The third kappa shape index (κ3) is 4.89. The molecule has 2 N–H and O–H groups in total. The molecule has 1 aliphatic heterocycles. The zero-order chi connectivity index (χ0) is 21.9. The molecule has 10 heteroatoms. The fourth-order valence-corrected chi connectivity index (χ4v) is 4.72. The predicted octanol–water partition coefficient (Wildman–Crippen LogP) is 2.13. The van der Waals surface area contributed by atoms with Gasteiger partial charge in [-0.15, -0.1) is 0 Å². The van der Waals surface area contributed by atoms with Crippen LogP contribution >= 0.6 is 0 Å². The first kappa shape index (κ1) is 22.0. The Balaban J connectivity index is 1.86. The van der Waals surface area contributed by atoms with Crippen LogP contribution in [0.4, 0.5) is 17.1 Å². The largest absolute Gasteiger partial charge is 0.395 e. The molecule has 2 aromatic carbocycles. The highest BCUT2D eigenvalue weighted by molar-refractivity contribution is 7.92. The summed E-state index contributed by atoms with van der Waals surface area (Å²) in [5.41, 5.74) is 2.37. The van der Waals surface area contributed by atoms with E-state index in [-0.39, 0.29) is 17.2 Å². The van der Waals surface area contributed by atoms with E-state index in [1.54, 1.807) is 19.1 Å². The van der Waals surface area contributed by atoms with Gasteiger partial charge in [0.1, 0.15) is 5.69 Å². The van der Waals surface area contributed by atoms with E-state index in [0.29, 0.717) is 44.1 Å². The van der Waals surface area contributed by atoms with Crippen LogP contribution < -0.4 is 9.62 Å². The van der Waals surface area contributed by atoms with Gasteiger partial charge < -0.3 is 10.0 Å². The molecule has 3 rings (SSSR count). The summed E-state index contributed by atoms with van der Waals surface area (Å²) < 4.78 is 28.2. The first-order chi connectivity index (χ1) is 14.2. The molecular formula is C20H26N4O5S. The van der Waals surface area contributed by atoms with E-state index in [1.807, 2.05) is 17.9 Å². The lowest BCUT2D eigenvalue weighted by atomic mass is 10.1. The van der Waals surface area contributed by atoms with Gasteiger partial charge in [-0.3, -0.25) is 19.7 Å². The second-order valence-corrected chi connectivity index (χ2v) is 9.07. The van der Waals surface area contributed by atoms with Gasteiger partial charge in [-0.25, -0.2) is 8.42 Å². The monoisotopic (exact) mass is 434 g/mol. The SMILES string of the molecule is Cc1ccc(NS(=O)(=O)c2ccc(N3CCN(CCO)CC3)c([N+](=O)[O-])c2)c(C)c1. The van der Waals surface area contributed by atoms with Crippen LogP contribution in [0.3, 0.4) is 0 Å². The molecule has 1 saturated heterocycles. The fourth-order valence-electron chi connectivity index (χ4n) is 3.57. The zero-order valence-corrected chi connectivity index (χ0v) is 17.9. The average molecular weight is 435 g/mol. The van der Waals surface area contributed by atoms with E-state index in [0.717, 1.165) is 17.2 Å². The molecule has 0 radical (unpaired) electrons. The fraction of sp³-hybridized carbons (Fsp3) is 0.400. The Hall–Kier alpha value is -2.69. The van der Waals surface area contributed by atoms with Crippen LogP contribution in [-0.2, 0) is 10.0 Å². The number of benzene rings is 2. The van der Waals surface area contributed by atoms with Gasteiger partial charge >= 0.3 is 0 Å². The van der Waals surface area contributed by atoms with Crippen molar-refractivity contribution in [3.05, 3.63) is 57.6 Å². The number of nitro groups is 1. The van der Waals surface area contributed by atoms with Crippen molar-refractivity contribution in [2.24, 2.45) is 0 Å². The molecule has 1 fully saturated rings. The Kier molecular flexibility index (Phi) is 6.59. The van der Waals surface area contributed by atoms with Crippen molar-refractivity contribution in [3.8, 4) is 0 Å². The molecule has 162 valence electrons. The second-order valence-electron chi connectivity index (χ2n) is 7.38. The second kappa shape index (κ2) is 8.99. The highest BCUT2D eigenvalue weighted by Gasteiger charge is 2.27. The number of aliphatic hydroxyl groups is 1. The smallest absolute Gasteiger partial charge is 0.293 e. The molecule has 2 aromatic rings. The van der Waals surface area contributed by atoms with Crippen LogP contribution in [0.5, 0.6) is 0 Å². The maximum absolute atomic E-state index is 12.8. The number of hydrogen-bond acceptors (Lipinski definition) is 7. The maximum atomic E-state index is 12.8. The van der Waals surface area contributed by atoms with Crippen molar-refractivity contribution < 1.29 is 18.4 Å². The number of nitrogens with one attached hydrogen (secondary N) is 1. The first-order valence-corrected chi connectivity index (χ1v) is 11.2. The summed E-state index contributed by atoms with van der Waals surface area (Å²) >= 11 is 0. The Morgan fingerprint density at radius 3 is 2.40 bits per heavy atom.